The van der Waals surface area contributed by atoms with E-state index in [9.17, 15) is 18.0 Å². The number of nitrogens with two attached hydrogens (primary N) is 1. The Morgan fingerprint density at radius 3 is 2.69 bits per heavy atom. The summed E-state index contributed by atoms with van der Waals surface area (Å²) in [6.45, 7) is 1.75. The van der Waals surface area contributed by atoms with E-state index in [1.807, 2.05) is 0 Å². The maximum absolute atomic E-state index is 14.5. The first-order valence-electron chi connectivity index (χ1n) is 9.39. The predicted octanol–water partition coefficient (Wildman–Crippen LogP) is 4.13. The summed E-state index contributed by atoms with van der Waals surface area (Å²) < 4.78 is 42.5. The van der Waals surface area contributed by atoms with Crippen molar-refractivity contribution in [3.63, 3.8) is 0 Å². The largest absolute Gasteiger partial charge is 0.330 e. The lowest BCUT2D eigenvalue weighted by Crippen LogP contribution is -2.49. The van der Waals surface area contributed by atoms with Gasteiger partial charge in [-0.05, 0) is 73.2 Å². The molecule has 1 aliphatic heterocycles. The van der Waals surface area contributed by atoms with Crippen LogP contribution in [0.2, 0.25) is 0 Å². The molecule has 1 amide bonds. The van der Waals surface area contributed by atoms with E-state index in [0.29, 0.717) is 18.5 Å². The molecule has 4 rings (SSSR count). The van der Waals surface area contributed by atoms with Crippen molar-refractivity contribution in [2.45, 2.75) is 31.1 Å². The molecule has 2 N–H and O–H groups in total. The quantitative estimate of drug-likeness (QED) is 0.814. The Bertz CT molecular complexity index is 1010. The summed E-state index contributed by atoms with van der Waals surface area (Å²) in [5.41, 5.74) is 7.37. The lowest BCUT2D eigenvalue weighted by atomic mass is 9.77. The van der Waals surface area contributed by atoms with Gasteiger partial charge in [-0.25, -0.2) is 18.2 Å². The van der Waals surface area contributed by atoms with Crippen LogP contribution in [0, 0.1) is 23.4 Å². The first-order valence-corrected chi connectivity index (χ1v) is 10.2. The number of hydrazone groups is 1. The average Bonchev–Trinajstić information content (AvgIpc) is 3.08. The van der Waals surface area contributed by atoms with Crippen LogP contribution in [0.5, 0.6) is 0 Å². The van der Waals surface area contributed by atoms with E-state index in [0.717, 1.165) is 36.6 Å². The minimum atomic E-state index is -1.05. The molecule has 152 valence electrons. The lowest BCUT2D eigenvalue weighted by Gasteiger charge is -2.45. The zero-order valence-electron chi connectivity index (χ0n) is 15.8. The van der Waals surface area contributed by atoms with Crippen LogP contribution < -0.4 is 5.73 Å². The fourth-order valence-corrected chi connectivity index (χ4v) is 5.90. The van der Waals surface area contributed by atoms with Crippen LogP contribution in [0.3, 0.4) is 0 Å². The summed E-state index contributed by atoms with van der Waals surface area (Å²) in [5.74, 6) is -2.14. The van der Waals surface area contributed by atoms with Gasteiger partial charge in [-0.3, -0.25) is 4.79 Å². The number of fused-ring (bicyclic) bond motifs is 2. The topological polar surface area (TPSA) is 58.7 Å². The number of halogens is 3. The fraction of sp³-hybridized carbons (Fsp3) is 0.333. The summed E-state index contributed by atoms with van der Waals surface area (Å²) in [6.07, 6.45) is 2.03. The molecule has 0 unspecified atom stereocenters. The van der Waals surface area contributed by atoms with Crippen molar-refractivity contribution in [1.82, 2.24) is 5.01 Å². The molecule has 0 saturated carbocycles. The zero-order valence-corrected chi connectivity index (χ0v) is 16.6. The van der Waals surface area contributed by atoms with Gasteiger partial charge in [0.15, 0.2) is 0 Å². The van der Waals surface area contributed by atoms with Crippen molar-refractivity contribution >= 4 is 22.7 Å². The van der Waals surface area contributed by atoms with E-state index in [4.69, 9.17) is 5.73 Å². The molecule has 4 nitrogen and oxygen atoms in total. The van der Waals surface area contributed by atoms with E-state index in [1.165, 1.54) is 35.8 Å². The van der Waals surface area contributed by atoms with Crippen LogP contribution in [0.15, 0.2) is 41.5 Å². The lowest BCUT2D eigenvalue weighted by molar-refractivity contribution is -0.134. The minimum absolute atomic E-state index is 0.0202. The van der Waals surface area contributed by atoms with Gasteiger partial charge in [0.25, 0.3) is 0 Å². The second-order valence-corrected chi connectivity index (χ2v) is 8.49. The Labute approximate surface area is 171 Å². The molecule has 1 aliphatic carbocycles. The fourth-order valence-electron chi connectivity index (χ4n) is 4.26. The van der Waals surface area contributed by atoms with E-state index in [-0.39, 0.29) is 22.4 Å². The molecule has 1 spiro atoms. The molecule has 1 heterocycles. The standard InChI is InChI=1S/C21H20F3N3OS/c1-12(28)27-21(29-20(26-27)17-10-15(22)6-7-19(17)24)14(8-9-25)4-2-13-3-5-16(23)11-18(13)21/h3,5-7,10-11,14H,2,4,8-9,25H2,1H3/t14-,21-/m0/s1. The highest BCUT2D eigenvalue weighted by atomic mass is 32.2. The smallest absolute Gasteiger partial charge is 0.241 e. The molecule has 2 aromatic rings. The van der Waals surface area contributed by atoms with Gasteiger partial charge >= 0.3 is 0 Å². The van der Waals surface area contributed by atoms with Crippen molar-refractivity contribution in [2.75, 3.05) is 6.54 Å². The number of aryl methyl sites for hydroxylation is 1. The molecule has 29 heavy (non-hydrogen) atoms. The molecular formula is C21H20F3N3OS. The van der Waals surface area contributed by atoms with E-state index in [2.05, 4.69) is 5.10 Å². The summed E-state index contributed by atoms with van der Waals surface area (Å²) in [7, 11) is 0. The van der Waals surface area contributed by atoms with Gasteiger partial charge in [-0.2, -0.15) is 5.10 Å². The highest BCUT2D eigenvalue weighted by molar-refractivity contribution is 8.15. The Morgan fingerprint density at radius 1 is 1.24 bits per heavy atom. The first-order chi connectivity index (χ1) is 13.9. The van der Waals surface area contributed by atoms with Crippen LogP contribution in [-0.4, -0.2) is 22.5 Å². The molecule has 2 aromatic carbocycles. The Balaban J connectivity index is 1.91. The summed E-state index contributed by atoms with van der Waals surface area (Å²) in [5, 5.41) is 5.88. The van der Waals surface area contributed by atoms with Crippen molar-refractivity contribution in [2.24, 2.45) is 16.8 Å². The van der Waals surface area contributed by atoms with Crippen molar-refractivity contribution in [3.8, 4) is 0 Å². The third kappa shape index (κ3) is 3.24. The van der Waals surface area contributed by atoms with Crippen molar-refractivity contribution < 1.29 is 18.0 Å². The van der Waals surface area contributed by atoms with Gasteiger partial charge in [-0.1, -0.05) is 17.8 Å². The van der Waals surface area contributed by atoms with Crippen molar-refractivity contribution in [3.05, 3.63) is 70.5 Å². The number of thioether (sulfide) groups is 1. The van der Waals surface area contributed by atoms with Crippen LogP contribution >= 0.6 is 11.8 Å². The number of nitrogens with zero attached hydrogens (tertiary/aromatic N) is 2. The molecule has 8 heteroatoms. The van der Waals surface area contributed by atoms with Crippen LogP contribution in [0.4, 0.5) is 13.2 Å². The van der Waals surface area contributed by atoms with Gasteiger partial charge in [0.2, 0.25) is 5.91 Å². The molecular weight excluding hydrogens is 399 g/mol. The molecule has 0 saturated heterocycles. The third-order valence-corrected chi connectivity index (χ3v) is 7.04. The summed E-state index contributed by atoms with van der Waals surface area (Å²) >= 11 is 1.17. The van der Waals surface area contributed by atoms with Gasteiger partial charge in [0.1, 0.15) is 27.4 Å². The number of benzene rings is 2. The summed E-state index contributed by atoms with van der Waals surface area (Å²) in [6, 6.07) is 7.64. The Morgan fingerprint density at radius 2 is 1.97 bits per heavy atom. The molecule has 0 radical (unpaired) electrons. The monoisotopic (exact) mass is 419 g/mol. The molecule has 0 bridgehead atoms. The van der Waals surface area contributed by atoms with E-state index >= 15 is 0 Å². The van der Waals surface area contributed by atoms with Gasteiger partial charge in [-0.15, -0.1) is 0 Å². The first kappa shape index (κ1) is 20.0. The van der Waals surface area contributed by atoms with E-state index < -0.39 is 22.3 Å². The maximum Gasteiger partial charge on any atom is 0.241 e. The van der Waals surface area contributed by atoms with Crippen molar-refractivity contribution in [1.29, 1.82) is 0 Å². The second-order valence-electron chi connectivity index (χ2n) is 7.27. The number of rotatable bonds is 3. The van der Waals surface area contributed by atoms with Gasteiger partial charge in [0.05, 0.1) is 0 Å². The number of carbonyl (C=O) groups is 1. The van der Waals surface area contributed by atoms with E-state index in [1.54, 1.807) is 6.07 Å². The summed E-state index contributed by atoms with van der Waals surface area (Å²) in [4.78, 5) is 11.6. The highest BCUT2D eigenvalue weighted by Crippen LogP contribution is 2.57. The van der Waals surface area contributed by atoms with Crippen LogP contribution in [-0.2, 0) is 16.1 Å². The maximum atomic E-state index is 14.5. The number of amides is 1. The Kier molecular flexibility index (Phi) is 5.16. The number of hydrogen-bond acceptors (Lipinski definition) is 4. The molecule has 2 atom stereocenters. The van der Waals surface area contributed by atoms with Crippen LogP contribution in [0.1, 0.15) is 36.5 Å². The minimum Gasteiger partial charge on any atom is -0.330 e. The number of hydrogen-bond donors (Lipinski definition) is 1. The molecule has 0 fully saturated rings. The molecule has 0 aromatic heterocycles. The Hall–Kier alpha value is -2.32. The highest BCUT2D eigenvalue weighted by Gasteiger charge is 2.55. The van der Waals surface area contributed by atoms with Gasteiger partial charge in [0, 0.05) is 12.5 Å². The second kappa shape index (κ2) is 7.50. The third-order valence-electron chi connectivity index (χ3n) is 5.50. The van der Waals surface area contributed by atoms with Gasteiger partial charge < -0.3 is 5.73 Å². The van der Waals surface area contributed by atoms with Crippen LogP contribution in [0.25, 0.3) is 0 Å². The molecule has 2 aliphatic rings. The average molecular weight is 419 g/mol. The predicted molar refractivity (Wildman–Crippen MR) is 107 cm³/mol. The SMILES string of the molecule is CC(=O)N1N=C(c2cc(F)ccc2F)S[C@@]12c1cc(F)ccc1CC[C@H]2CCN. The number of carbonyl (C=O) groups excluding carboxylic acids is 1. The zero-order chi connectivity index (χ0) is 20.8. The normalized spacial score (nSPS) is 23.3.